The average molecular weight is 473 g/mol. The number of likely N-dealkylation sites (tertiary alicyclic amines) is 1. The Hall–Kier alpha value is -3.85. The van der Waals surface area contributed by atoms with E-state index in [1.165, 1.54) is 12.3 Å². The summed E-state index contributed by atoms with van der Waals surface area (Å²) in [6.07, 6.45) is 6.65. The number of rotatable bonds is 5. The van der Waals surface area contributed by atoms with Crippen LogP contribution >= 0.6 is 0 Å². The summed E-state index contributed by atoms with van der Waals surface area (Å²) in [5, 5.41) is 9.28. The summed E-state index contributed by atoms with van der Waals surface area (Å²) in [7, 11) is 0. The Bertz CT molecular complexity index is 1350. The van der Waals surface area contributed by atoms with E-state index in [1.807, 2.05) is 50.8 Å². The maximum absolute atomic E-state index is 14.0. The molecular formula is C26H25FN6O2. The summed E-state index contributed by atoms with van der Waals surface area (Å²) < 4.78 is 22.7. The molecule has 9 heteroatoms. The Balaban J connectivity index is 1.28. The van der Waals surface area contributed by atoms with Crippen LogP contribution in [0.3, 0.4) is 0 Å². The Morgan fingerprint density at radius 3 is 2.80 bits per heavy atom. The molecule has 0 N–H and O–H groups in total. The molecule has 6 rings (SSSR count). The van der Waals surface area contributed by atoms with Gasteiger partial charge in [0.05, 0.1) is 61.7 Å². The Morgan fingerprint density at radius 1 is 1.09 bits per heavy atom. The highest BCUT2D eigenvalue weighted by Crippen LogP contribution is 2.31. The van der Waals surface area contributed by atoms with Crippen LogP contribution in [-0.4, -0.2) is 54.5 Å². The van der Waals surface area contributed by atoms with E-state index in [2.05, 4.69) is 10.1 Å². The van der Waals surface area contributed by atoms with Gasteiger partial charge in [0.25, 0.3) is 5.91 Å². The molecule has 0 unspecified atom stereocenters. The molecule has 0 bridgehead atoms. The SMILES string of the molecule is O=C(c1c(-c2ccccc2)nn2c1COCC2)N1CCC[C@H]1Cn1cc(-c2ccc(F)cn2)cn1. The molecule has 178 valence electrons. The van der Waals surface area contributed by atoms with E-state index >= 15 is 0 Å². The minimum absolute atomic E-state index is 0.00863. The van der Waals surface area contributed by atoms with Crippen molar-refractivity contribution in [3.63, 3.8) is 0 Å². The number of carbonyl (C=O) groups excluding carboxylic acids is 1. The van der Waals surface area contributed by atoms with E-state index in [9.17, 15) is 9.18 Å². The number of amides is 1. The van der Waals surface area contributed by atoms with Gasteiger partial charge in [-0.05, 0) is 25.0 Å². The van der Waals surface area contributed by atoms with Gasteiger partial charge in [0.1, 0.15) is 11.5 Å². The molecule has 1 atom stereocenters. The summed E-state index contributed by atoms with van der Waals surface area (Å²) in [4.78, 5) is 20.1. The Kier molecular flexibility index (Phi) is 5.61. The normalized spacial score (nSPS) is 17.5. The van der Waals surface area contributed by atoms with Gasteiger partial charge in [-0.2, -0.15) is 10.2 Å². The zero-order valence-corrected chi connectivity index (χ0v) is 19.2. The number of pyridine rings is 1. The molecule has 1 saturated heterocycles. The Morgan fingerprint density at radius 2 is 1.97 bits per heavy atom. The monoisotopic (exact) mass is 472 g/mol. The lowest BCUT2D eigenvalue weighted by atomic mass is 10.0. The number of hydrogen-bond acceptors (Lipinski definition) is 5. The smallest absolute Gasteiger partial charge is 0.258 e. The predicted molar refractivity (Wildman–Crippen MR) is 127 cm³/mol. The molecule has 4 aromatic rings. The fourth-order valence-corrected chi connectivity index (χ4v) is 4.97. The van der Waals surface area contributed by atoms with Gasteiger partial charge in [-0.3, -0.25) is 19.1 Å². The molecule has 0 radical (unpaired) electrons. The van der Waals surface area contributed by atoms with Crippen LogP contribution in [-0.2, 0) is 24.4 Å². The highest BCUT2D eigenvalue weighted by Gasteiger charge is 2.35. The second-order valence-electron chi connectivity index (χ2n) is 8.92. The minimum atomic E-state index is -0.371. The molecule has 0 saturated carbocycles. The summed E-state index contributed by atoms with van der Waals surface area (Å²) in [6, 6.07) is 12.9. The first-order chi connectivity index (χ1) is 17.2. The highest BCUT2D eigenvalue weighted by molar-refractivity contribution is 6.01. The summed E-state index contributed by atoms with van der Waals surface area (Å²) in [5.74, 6) is -0.380. The van der Waals surface area contributed by atoms with Gasteiger partial charge < -0.3 is 9.64 Å². The third kappa shape index (κ3) is 4.12. The van der Waals surface area contributed by atoms with Crippen molar-refractivity contribution < 1.29 is 13.9 Å². The zero-order chi connectivity index (χ0) is 23.8. The van der Waals surface area contributed by atoms with Crippen LogP contribution in [0.4, 0.5) is 4.39 Å². The van der Waals surface area contributed by atoms with Crippen LogP contribution in [0.1, 0.15) is 28.9 Å². The van der Waals surface area contributed by atoms with E-state index in [1.54, 1.807) is 12.3 Å². The fraction of sp³-hybridized carbons (Fsp3) is 0.308. The number of hydrogen-bond donors (Lipinski definition) is 0. The van der Waals surface area contributed by atoms with Crippen molar-refractivity contribution in [2.75, 3.05) is 13.2 Å². The maximum Gasteiger partial charge on any atom is 0.258 e. The van der Waals surface area contributed by atoms with E-state index in [4.69, 9.17) is 9.84 Å². The lowest BCUT2D eigenvalue weighted by Gasteiger charge is -2.26. The number of fused-ring (bicyclic) bond motifs is 1. The molecule has 1 amide bonds. The molecule has 2 aliphatic heterocycles. The lowest BCUT2D eigenvalue weighted by Crippen LogP contribution is -2.39. The van der Waals surface area contributed by atoms with E-state index < -0.39 is 0 Å². The van der Waals surface area contributed by atoms with Crippen LogP contribution in [0.25, 0.3) is 22.5 Å². The molecule has 3 aromatic heterocycles. The zero-order valence-electron chi connectivity index (χ0n) is 19.2. The van der Waals surface area contributed by atoms with Crippen molar-refractivity contribution in [1.29, 1.82) is 0 Å². The third-order valence-corrected chi connectivity index (χ3v) is 6.70. The van der Waals surface area contributed by atoms with Crippen molar-refractivity contribution in [2.45, 2.75) is 38.6 Å². The molecule has 0 aliphatic carbocycles. The fourth-order valence-electron chi connectivity index (χ4n) is 4.97. The number of benzene rings is 1. The molecular weight excluding hydrogens is 447 g/mol. The summed E-state index contributed by atoms with van der Waals surface area (Å²) in [6.45, 7) is 2.88. The van der Waals surface area contributed by atoms with Crippen molar-refractivity contribution in [3.05, 3.63) is 78.1 Å². The molecule has 1 fully saturated rings. The van der Waals surface area contributed by atoms with Gasteiger partial charge >= 0.3 is 0 Å². The number of halogens is 1. The van der Waals surface area contributed by atoms with Crippen LogP contribution in [0.2, 0.25) is 0 Å². The van der Waals surface area contributed by atoms with Crippen LogP contribution in [0.15, 0.2) is 61.1 Å². The first-order valence-corrected chi connectivity index (χ1v) is 11.9. The maximum atomic E-state index is 14.0. The number of carbonyl (C=O) groups is 1. The summed E-state index contributed by atoms with van der Waals surface area (Å²) >= 11 is 0. The predicted octanol–water partition coefficient (Wildman–Crippen LogP) is 3.78. The molecule has 0 spiro atoms. The number of ether oxygens (including phenoxy) is 1. The summed E-state index contributed by atoms with van der Waals surface area (Å²) in [5.41, 5.74) is 4.60. The number of aromatic nitrogens is 5. The quantitative estimate of drug-likeness (QED) is 0.442. The van der Waals surface area contributed by atoms with Crippen molar-refractivity contribution in [3.8, 4) is 22.5 Å². The van der Waals surface area contributed by atoms with Crippen LogP contribution < -0.4 is 0 Å². The van der Waals surface area contributed by atoms with Gasteiger partial charge in [-0.15, -0.1) is 0 Å². The highest BCUT2D eigenvalue weighted by atomic mass is 19.1. The standard InChI is InChI=1S/C26H25FN6O2/c27-20-8-9-22(28-14-20)19-13-29-31(15-19)16-21-7-4-10-32(21)26(34)24-23-17-35-12-11-33(23)30-25(24)18-5-2-1-3-6-18/h1-3,5-6,8-9,13-15,21H,4,7,10-12,16-17H2/t21-/m0/s1. The molecule has 1 aromatic carbocycles. The number of nitrogens with zero attached hydrogens (tertiary/aromatic N) is 6. The lowest BCUT2D eigenvalue weighted by molar-refractivity contribution is 0.0675. The average Bonchev–Trinajstić information content (AvgIpc) is 3.63. The third-order valence-electron chi connectivity index (χ3n) is 6.70. The minimum Gasteiger partial charge on any atom is -0.373 e. The van der Waals surface area contributed by atoms with Gasteiger partial charge in [0.2, 0.25) is 0 Å². The van der Waals surface area contributed by atoms with Crippen molar-refractivity contribution >= 4 is 5.91 Å². The van der Waals surface area contributed by atoms with Crippen molar-refractivity contribution in [2.24, 2.45) is 0 Å². The molecule has 8 nitrogen and oxygen atoms in total. The molecule has 5 heterocycles. The van der Waals surface area contributed by atoms with E-state index in [0.29, 0.717) is 49.8 Å². The Labute approximate surface area is 202 Å². The molecule has 2 aliphatic rings. The van der Waals surface area contributed by atoms with Crippen molar-refractivity contribution in [1.82, 2.24) is 29.4 Å². The second-order valence-corrected chi connectivity index (χ2v) is 8.92. The van der Waals surface area contributed by atoms with E-state index in [0.717, 1.165) is 29.7 Å². The largest absolute Gasteiger partial charge is 0.373 e. The van der Waals surface area contributed by atoms with Crippen LogP contribution in [0.5, 0.6) is 0 Å². The van der Waals surface area contributed by atoms with Gasteiger partial charge in [-0.1, -0.05) is 30.3 Å². The van der Waals surface area contributed by atoms with Gasteiger partial charge in [0, 0.05) is 23.9 Å². The topological polar surface area (TPSA) is 78.1 Å². The van der Waals surface area contributed by atoms with Crippen LogP contribution in [0, 0.1) is 5.82 Å². The van der Waals surface area contributed by atoms with E-state index in [-0.39, 0.29) is 17.8 Å². The molecule has 35 heavy (non-hydrogen) atoms. The second kappa shape index (κ2) is 9.07. The van der Waals surface area contributed by atoms with Gasteiger partial charge in [0.15, 0.2) is 0 Å². The van der Waals surface area contributed by atoms with Gasteiger partial charge in [-0.25, -0.2) is 4.39 Å². The first kappa shape index (κ1) is 21.7. The first-order valence-electron chi connectivity index (χ1n) is 11.9.